The number of hydrogen-bond acceptors (Lipinski definition) is 3. The molecule has 0 bridgehead atoms. The minimum atomic E-state index is -4.03. The van der Waals surface area contributed by atoms with Crippen LogP contribution < -0.4 is 0 Å². The minimum absolute atomic E-state index is 0.168. The maximum atomic E-state index is 14.9. The van der Waals surface area contributed by atoms with Gasteiger partial charge in [0.25, 0.3) is 0 Å². The number of aryl methyl sites for hydroxylation is 1. The zero-order valence-corrected chi connectivity index (χ0v) is 22.2. The van der Waals surface area contributed by atoms with Crippen molar-refractivity contribution in [1.29, 1.82) is 0 Å². The number of ketones is 1. The van der Waals surface area contributed by atoms with E-state index in [-0.39, 0.29) is 15.6 Å². The van der Waals surface area contributed by atoms with Crippen molar-refractivity contribution in [1.82, 2.24) is 0 Å². The zero-order valence-electron chi connectivity index (χ0n) is 21.4. The molecule has 0 spiro atoms. The Morgan fingerprint density at radius 2 is 1.15 bits per heavy atom. The first-order valence-electron chi connectivity index (χ1n) is 12.8. The molecule has 5 aromatic rings. The molecule has 4 heteroatoms. The van der Waals surface area contributed by atoms with Crippen molar-refractivity contribution in [2.75, 3.05) is 0 Å². The monoisotopic (exact) mass is 526 g/mol. The highest BCUT2D eigenvalue weighted by Gasteiger charge is 2.54. The molecule has 0 radical (unpaired) electrons. The van der Waals surface area contributed by atoms with Crippen molar-refractivity contribution in [3.63, 3.8) is 0 Å². The van der Waals surface area contributed by atoms with Gasteiger partial charge >= 0.3 is 0 Å². The fourth-order valence-corrected chi connectivity index (χ4v) is 7.41. The molecule has 0 aromatic heterocycles. The van der Waals surface area contributed by atoms with Gasteiger partial charge in [0.15, 0.2) is 5.78 Å². The fraction of sp³-hybridized carbons (Fsp3) is 0.0571. The number of Topliss-reactive ketones (excluding diaryl/α,β-unsaturated/α-hetero) is 1. The fourth-order valence-electron chi connectivity index (χ4n) is 5.68. The first kappa shape index (κ1) is 24.8. The van der Waals surface area contributed by atoms with Crippen LogP contribution in [0.25, 0.3) is 10.5 Å². The van der Waals surface area contributed by atoms with Crippen molar-refractivity contribution in [3.8, 4) is 0 Å². The summed E-state index contributed by atoms with van der Waals surface area (Å²) in [6.07, 6.45) is 0. The SMILES string of the molecule is Cc1ccc(S(=O)(=O)C2=C(c3ccccc3)C(C(=O)c3ccccc3)(c3ccccc3)c3ccccc32)cc1. The first-order valence-corrected chi connectivity index (χ1v) is 14.3. The molecule has 0 aliphatic heterocycles. The number of allylic oxidation sites excluding steroid dienone is 1. The summed E-state index contributed by atoms with van der Waals surface area (Å²) < 4.78 is 29.2. The Morgan fingerprint density at radius 1 is 0.615 bits per heavy atom. The van der Waals surface area contributed by atoms with E-state index >= 15 is 0 Å². The second kappa shape index (κ2) is 9.64. The lowest BCUT2D eigenvalue weighted by Gasteiger charge is -2.34. The molecule has 0 heterocycles. The van der Waals surface area contributed by atoms with E-state index in [0.717, 1.165) is 11.1 Å². The molecular formula is C35H26O3S. The summed E-state index contributed by atoms with van der Waals surface area (Å²) >= 11 is 0. The van der Waals surface area contributed by atoms with E-state index in [0.29, 0.717) is 27.8 Å². The van der Waals surface area contributed by atoms with Crippen LogP contribution in [-0.2, 0) is 15.3 Å². The molecule has 190 valence electrons. The highest BCUT2D eigenvalue weighted by atomic mass is 32.2. The molecule has 1 aliphatic carbocycles. The van der Waals surface area contributed by atoms with Gasteiger partial charge in [-0.1, -0.05) is 133 Å². The average molecular weight is 527 g/mol. The van der Waals surface area contributed by atoms with Gasteiger partial charge in [0, 0.05) is 11.1 Å². The van der Waals surface area contributed by atoms with Crippen LogP contribution >= 0.6 is 0 Å². The van der Waals surface area contributed by atoms with Gasteiger partial charge in [-0.2, -0.15) is 0 Å². The molecule has 39 heavy (non-hydrogen) atoms. The van der Waals surface area contributed by atoms with Gasteiger partial charge in [-0.15, -0.1) is 0 Å². The number of benzene rings is 5. The summed E-state index contributed by atoms with van der Waals surface area (Å²) in [6, 6.07) is 42.4. The van der Waals surface area contributed by atoms with E-state index in [2.05, 4.69) is 0 Å². The van der Waals surface area contributed by atoms with Crippen LogP contribution in [0.15, 0.2) is 144 Å². The maximum Gasteiger partial charge on any atom is 0.207 e. The molecule has 0 saturated heterocycles. The van der Waals surface area contributed by atoms with Crippen LogP contribution in [0.4, 0.5) is 0 Å². The predicted molar refractivity (Wildman–Crippen MR) is 156 cm³/mol. The van der Waals surface area contributed by atoms with Crippen molar-refractivity contribution in [3.05, 3.63) is 173 Å². The maximum absolute atomic E-state index is 14.9. The van der Waals surface area contributed by atoms with Gasteiger partial charge in [-0.3, -0.25) is 4.79 Å². The van der Waals surface area contributed by atoms with Crippen LogP contribution in [0, 0.1) is 6.92 Å². The Morgan fingerprint density at radius 3 is 1.79 bits per heavy atom. The first-order chi connectivity index (χ1) is 19.0. The Balaban J connectivity index is 1.82. The third-order valence-corrected chi connectivity index (χ3v) is 9.28. The van der Waals surface area contributed by atoms with Gasteiger partial charge in [0.1, 0.15) is 5.41 Å². The second-order valence-corrected chi connectivity index (χ2v) is 11.6. The van der Waals surface area contributed by atoms with E-state index in [9.17, 15) is 13.2 Å². The summed E-state index contributed by atoms with van der Waals surface area (Å²) in [5.41, 5.74) is 3.19. The molecule has 0 amide bonds. The zero-order chi connectivity index (χ0) is 27.0. The van der Waals surface area contributed by atoms with Crippen molar-refractivity contribution >= 4 is 26.1 Å². The number of sulfone groups is 1. The highest BCUT2D eigenvalue weighted by molar-refractivity contribution is 8.01. The van der Waals surface area contributed by atoms with Gasteiger partial charge in [-0.05, 0) is 41.3 Å². The van der Waals surface area contributed by atoms with E-state index in [1.165, 1.54) is 0 Å². The van der Waals surface area contributed by atoms with Gasteiger partial charge < -0.3 is 0 Å². The molecule has 1 atom stereocenters. The van der Waals surface area contributed by atoms with E-state index in [1.807, 2.05) is 110 Å². The summed E-state index contributed by atoms with van der Waals surface area (Å²) in [7, 11) is -4.03. The second-order valence-electron chi connectivity index (χ2n) is 9.74. The molecule has 0 fully saturated rings. The third kappa shape index (κ3) is 3.87. The highest BCUT2D eigenvalue weighted by Crippen LogP contribution is 2.58. The normalized spacial score (nSPS) is 16.6. The summed E-state index contributed by atoms with van der Waals surface area (Å²) in [4.78, 5) is 15.3. The largest absolute Gasteiger partial charge is 0.292 e. The average Bonchev–Trinajstić information content (AvgIpc) is 3.31. The van der Waals surface area contributed by atoms with Crippen LogP contribution in [0.3, 0.4) is 0 Å². The van der Waals surface area contributed by atoms with E-state index in [1.54, 1.807) is 36.4 Å². The molecule has 5 aromatic carbocycles. The molecule has 0 saturated carbocycles. The van der Waals surface area contributed by atoms with Crippen LogP contribution in [-0.4, -0.2) is 14.2 Å². The Bertz CT molecular complexity index is 1810. The molecule has 1 aliphatic rings. The molecular weight excluding hydrogens is 500 g/mol. The summed E-state index contributed by atoms with van der Waals surface area (Å²) in [6.45, 7) is 1.93. The van der Waals surface area contributed by atoms with Crippen LogP contribution in [0.2, 0.25) is 0 Å². The number of carbonyl (C=O) groups is 1. The topological polar surface area (TPSA) is 51.2 Å². The molecule has 0 N–H and O–H groups in total. The van der Waals surface area contributed by atoms with E-state index in [4.69, 9.17) is 0 Å². The lowest BCUT2D eigenvalue weighted by molar-refractivity contribution is 0.0945. The Hall–Kier alpha value is -4.54. The standard InChI is InChI=1S/C35H26O3S/c1-25-21-23-29(24-22-25)39(37,38)33-30-19-11-12-20-31(30)35(28-17-9-4-10-18-28,32(33)26-13-5-2-6-14-26)34(36)27-15-7-3-8-16-27/h2-24H,1H3. The van der Waals surface area contributed by atoms with Crippen molar-refractivity contribution < 1.29 is 13.2 Å². The summed E-state index contributed by atoms with van der Waals surface area (Å²) in [5.74, 6) is -0.172. The summed E-state index contributed by atoms with van der Waals surface area (Å²) in [5, 5.41) is 0. The van der Waals surface area contributed by atoms with Gasteiger partial charge in [0.2, 0.25) is 9.84 Å². The van der Waals surface area contributed by atoms with Crippen molar-refractivity contribution in [2.45, 2.75) is 17.2 Å². The lowest BCUT2D eigenvalue weighted by Crippen LogP contribution is -2.37. The predicted octanol–water partition coefficient (Wildman–Crippen LogP) is 7.52. The molecule has 6 rings (SSSR count). The number of carbonyl (C=O) groups excluding carboxylic acids is 1. The van der Waals surface area contributed by atoms with E-state index < -0.39 is 15.3 Å². The third-order valence-electron chi connectivity index (χ3n) is 7.42. The van der Waals surface area contributed by atoms with Crippen LogP contribution in [0.1, 0.15) is 38.2 Å². The number of hydrogen-bond donors (Lipinski definition) is 0. The molecule has 1 unspecified atom stereocenters. The minimum Gasteiger partial charge on any atom is -0.292 e. The van der Waals surface area contributed by atoms with Crippen LogP contribution in [0.5, 0.6) is 0 Å². The Kier molecular flexibility index (Phi) is 6.13. The quantitative estimate of drug-likeness (QED) is 0.215. The number of rotatable bonds is 6. The smallest absolute Gasteiger partial charge is 0.207 e. The van der Waals surface area contributed by atoms with Gasteiger partial charge in [0.05, 0.1) is 9.80 Å². The number of fused-ring (bicyclic) bond motifs is 1. The Labute approximate surface area is 229 Å². The molecule has 3 nitrogen and oxygen atoms in total. The van der Waals surface area contributed by atoms with Crippen molar-refractivity contribution in [2.24, 2.45) is 0 Å². The van der Waals surface area contributed by atoms with Gasteiger partial charge in [-0.25, -0.2) is 8.42 Å². The lowest BCUT2D eigenvalue weighted by atomic mass is 9.65.